The highest BCUT2D eigenvalue weighted by atomic mass is 32.2. The van der Waals surface area contributed by atoms with Gasteiger partial charge in [-0.2, -0.15) is 0 Å². The smallest absolute Gasteiger partial charge is 0.0541 e. The van der Waals surface area contributed by atoms with E-state index in [4.69, 9.17) is 0 Å². The maximum absolute atomic E-state index is 2.39. The summed E-state index contributed by atoms with van der Waals surface area (Å²) in [6, 6.07) is 55.5. The Labute approximate surface area is 248 Å². The molecule has 2 heterocycles. The quantitative estimate of drug-likeness (QED) is 0.211. The predicted octanol–water partition coefficient (Wildman–Crippen LogP) is 11.4. The van der Waals surface area contributed by atoms with Gasteiger partial charge < -0.3 is 4.57 Å². The number of nitrogens with zero attached hydrogens (tertiary/aromatic N) is 1. The van der Waals surface area contributed by atoms with Crippen LogP contribution in [0.5, 0.6) is 0 Å². The van der Waals surface area contributed by atoms with Gasteiger partial charge in [0.1, 0.15) is 0 Å². The predicted molar refractivity (Wildman–Crippen MR) is 179 cm³/mol. The molecule has 0 fully saturated rings. The van der Waals surface area contributed by atoms with Gasteiger partial charge in [0.2, 0.25) is 0 Å². The van der Waals surface area contributed by atoms with Crippen LogP contribution < -0.4 is 0 Å². The highest BCUT2D eigenvalue weighted by Gasteiger charge is 2.20. The Balaban J connectivity index is 1.23. The molecule has 0 bridgehead atoms. The molecule has 1 nitrogen and oxygen atoms in total. The summed E-state index contributed by atoms with van der Waals surface area (Å²) in [4.78, 5) is 2.66. The number of hydrogen-bond acceptors (Lipinski definition) is 1. The molecule has 0 saturated heterocycles. The number of benzene rings is 7. The number of para-hydroxylation sites is 2. The Morgan fingerprint density at radius 1 is 0.405 bits per heavy atom. The lowest BCUT2D eigenvalue weighted by molar-refractivity contribution is 1.18. The standard InChI is InChI=1S/C40H25NS/c1-2-12-29(13-3-1)41-36-18-7-6-16-32(36)34-24-27(20-22-37(34)41)30-14-4-5-15-31(30)28-21-23-38-35(25-28)33-17-8-10-26-11-9-19-39(42-38)40(26)33/h1-25H. The van der Waals surface area contributed by atoms with E-state index in [0.717, 1.165) is 0 Å². The first-order valence-corrected chi connectivity index (χ1v) is 15.2. The Morgan fingerprint density at radius 3 is 1.93 bits per heavy atom. The van der Waals surface area contributed by atoms with E-state index in [-0.39, 0.29) is 0 Å². The van der Waals surface area contributed by atoms with Crippen LogP contribution in [-0.4, -0.2) is 4.57 Å². The molecule has 0 unspecified atom stereocenters. The fourth-order valence-corrected chi connectivity index (χ4v) is 7.84. The highest BCUT2D eigenvalue weighted by molar-refractivity contribution is 7.99. The molecule has 0 radical (unpaired) electrons. The Kier molecular flexibility index (Phi) is 5.20. The summed E-state index contributed by atoms with van der Waals surface area (Å²) >= 11 is 1.88. The summed E-state index contributed by atoms with van der Waals surface area (Å²) in [5.41, 5.74) is 11.2. The van der Waals surface area contributed by atoms with Crippen molar-refractivity contribution in [2.75, 3.05) is 0 Å². The number of hydrogen-bond donors (Lipinski definition) is 0. The van der Waals surface area contributed by atoms with Gasteiger partial charge in [-0.15, -0.1) is 0 Å². The number of fused-ring (bicyclic) bond motifs is 5. The van der Waals surface area contributed by atoms with Gasteiger partial charge in [-0.1, -0.05) is 115 Å². The summed E-state index contributed by atoms with van der Waals surface area (Å²) in [6.07, 6.45) is 0. The molecule has 0 spiro atoms. The average Bonchev–Trinajstić information content (AvgIpc) is 3.39. The monoisotopic (exact) mass is 551 g/mol. The summed E-state index contributed by atoms with van der Waals surface area (Å²) in [6.45, 7) is 0. The zero-order chi connectivity index (χ0) is 27.6. The second kappa shape index (κ2) is 9.24. The summed E-state index contributed by atoms with van der Waals surface area (Å²) in [7, 11) is 0. The topological polar surface area (TPSA) is 4.93 Å². The largest absolute Gasteiger partial charge is 0.309 e. The molecule has 42 heavy (non-hydrogen) atoms. The van der Waals surface area contributed by atoms with Crippen LogP contribution in [0.4, 0.5) is 0 Å². The lowest BCUT2D eigenvalue weighted by atomic mass is 9.91. The normalized spacial score (nSPS) is 12.2. The van der Waals surface area contributed by atoms with Gasteiger partial charge in [0.05, 0.1) is 11.0 Å². The van der Waals surface area contributed by atoms with Crippen LogP contribution in [0.15, 0.2) is 161 Å². The first kappa shape index (κ1) is 23.6. The minimum absolute atomic E-state index is 1.18. The maximum Gasteiger partial charge on any atom is 0.0541 e. The second-order valence-electron chi connectivity index (χ2n) is 10.9. The minimum atomic E-state index is 1.18. The summed E-state index contributed by atoms with van der Waals surface area (Å²) in [5, 5.41) is 5.21. The minimum Gasteiger partial charge on any atom is -0.309 e. The third-order valence-corrected chi connectivity index (χ3v) is 9.73. The molecule has 2 heteroatoms. The van der Waals surface area contributed by atoms with Crippen LogP contribution in [0.2, 0.25) is 0 Å². The van der Waals surface area contributed by atoms with Gasteiger partial charge >= 0.3 is 0 Å². The molecule has 8 aromatic rings. The molecule has 0 aliphatic carbocycles. The molecule has 9 rings (SSSR count). The van der Waals surface area contributed by atoms with E-state index in [9.17, 15) is 0 Å². The zero-order valence-corrected chi connectivity index (χ0v) is 23.6. The van der Waals surface area contributed by atoms with Gasteiger partial charge in [-0.3, -0.25) is 0 Å². The van der Waals surface area contributed by atoms with Crippen LogP contribution in [0.3, 0.4) is 0 Å². The van der Waals surface area contributed by atoms with Crippen molar-refractivity contribution in [2.24, 2.45) is 0 Å². The lowest BCUT2D eigenvalue weighted by Crippen LogP contribution is -1.94. The average molecular weight is 552 g/mol. The molecule has 0 amide bonds. The van der Waals surface area contributed by atoms with E-state index in [1.807, 2.05) is 11.8 Å². The van der Waals surface area contributed by atoms with E-state index in [2.05, 4.69) is 156 Å². The second-order valence-corrected chi connectivity index (χ2v) is 12.0. The van der Waals surface area contributed by atoms with Crippen molar-refractivity contribution in [3.63, 3.8) is 0 Å². The van der Waals surface area contributed by atoms with Crippen molar-refractivity contribution in [1.29, 1.82) is 0 Å². The molecule has 7 aromatic carbocycles. The fraction of sp³-hybridized carbons (Fsp3) is 0. The van der Waals surface area contributed by atoms with Crippen LogP contribution in [-0.2, 0) is 0 Å². The summed E-state index contributed by atoms with van der Waals surface area (Å²) < 4.78 is 2.37. The molecule has 0 N–H and O–H groups in total. The van der Waals surface area contributed by atoms with E-state index >= 15 is 0 Å². The van der Waals surface area contributed by atoms with Crippen molar-refractivity contribution < 1.29 is 0 Å². The molecule has 0 saturated carbocycles. The van der Waals surface area contributed by atoms with E-state index in [0.29, 0.717) is 0 Å². The van der Waals surface area contributed by atoms with Crippen LogP contribution >= 0.6 is 11.8 Å². The molecule has 1 aromatic heterocycles. The van der Waals surface area contributed by atoms with Gasteiger partial charge in [0.25, 0.3) is 0 Å². The van der Waals surface area contributed by atoms with Gasteiger partial charge in [0.15, 0.2) is 0 Å². The third-order valence-electron chi connectivity index (χ3n) is 8.59. The van der Waals surface area contributed by atoms with Gasteiger partial charge in [-0.25, -0.2) is 0 Å². The van der Waals surface area contributed by atoms with Gasteiger partial charge in [-0.05, 0) is 87.3 Å². The number of aromatic nitrogens is 1. The van der Waals surface area contributed by atoms with Crippen LogP contribution in [0.25, 0.3) is 71.6 Å². The van der Waals surface area contributed by atoms with Crippen molar-refractivity contribution in [3.8, 4) is 39.1 Å². The highest BCUT2D eigenvalue weighted by Crippen LogP contribution is 2.49. The van der Waals surface area contributed by atoms with Crippen molar-refractivity contribution >= 4 is 44.3 Å². The van der Waals surface area contributed by atoms with E-state index < -0.39 is 0 Å². The van der Waals surface area contributed by atoms with E-state index in [1.165, 1.54) is 81.4 Å². The van der Waals surface area contributed by atoms with Crippen molar-refractivity contribution in [3.05, 3.63) is 152 Å². The molecular weight excluding hydrogens is 527 g/mol. The first-order chi connectivity index (χ1) is 20.8. The zero-order valence-electron chi connectivity index (χ0n) is 22.8. The first-order valence-electron chi connectivity index (χ1n) is 14.4. The molecule has 0 atom stereocenters. The molecule has 196 valence electrons. The number of rotatable bonds is 3. The SMILES string of the molecule is c1ccc(-n2c3ccccc3c3cc(-c4ccccc4-c4ccc5c(c4)-c4cccc6cccc(c46)S5)ccc32)cc1. The summed E-state index contributed by atoms with van der Waals surface area (Å²) in [5.74, 6) is 0. The molecule has 1 aliphatic heterocycles. The third kappa shape index (κ3) is 3.52. The molecule has 1 aliphatic rings. The van der Waals surface area contributed by atoms with Crippen LogP contribution in [0, 0.1) is 0 Å². The Morgan fingerprint density at radius 2 is 1.07 bits per heavy atom. The van der Waals surface area contributed by atoms with Crippen molar-refractivity contribution in [1.82, 2.24) is 4.57 Å². The van der Waals surface area contributed by atoms with Crippen LogP contribution in [0.1, 0.15) is 0 Å². The lowest BCUT2D eigenvalue weighted by Gasteiger charge is -2.21. The Bertz CT molecular complexity index is 2320. The fourth-order valence-electron chi connectivity index (χ4n) is 6.71. The maximum atomic E-state index is 2.39. The van der Waals surface area contributed by atoms with E-state index in [1.54, 1.807) is 0 Å². The van der Waals surface area contributed by atoms with Gasteiger partial charge in [0, 0.05) is 31.6 Å². The van der Waals surface area contributed by atoms with Crippen molar-refractivity contribution in [2.45, 2.75) is 9.79 Å². The molecular formula is C40H25NS. The Hall–Kier alpha value is -5.05.